The molecule has 0 atom stereocenters. The van der Waals surface area contributed by atoms with Crippen molar-refractivity contribution in [1.29, 1.82) is 0 Å². The van der Waals surface area contributed by atoms with Crippen LogP contribution in [0.5, 0.6) is 0 Å². The van der Waals surface area contributed by atoms with E-state index in [4.69, 9.17) is 5.73 Å². The van der Waals surface area contributed by atoms with Crippen molar-refractivity contribution in [2.24, 2.45) is 0 Å². The maximum atomic E-state index is 5.49. The summed E-state index contributed by atoms with van der Waals surface area (Å²) >= 11 is 0. The highest BCUT2D eigenvalue weighted by atomic mass is 15.1. The highest BCUT2D eigenvalue weighted by Gasteiger charge is 2.03. The summed E-state index contributed by atoms with van der Waals surface area (Å²) in [7, 11) is 0. The minimum atomic E-state index is 0.596. The molecule has 1 aliphatic carbocycles. The molecule has 0 amide bonds. The van der Waals surface area contributed by atoms with Crippen molar-refractivity contribution in [2.45, 2.75) is 25.7 Å². The van der Waals surface area contributed by atoms with E-state index in [9.17, 15) is 0 Å². The molecule has 1 aromatic rings. The fourth-order valence-corrected chi connectivity index (χ4v) is 1.73. The molecule has 0 radical (unpaired) electrons. The summed E-state index contributed by atoms with van der Waals surface area (Å²) in [6.07, 6.45) is 10.5. The molecule has 1 heterocycles. The third-order valence-corrected chi connectivity index (χ3v) is 2.54. The predicted molar refractivity (Wildman–Crippen MR) is 61.5 cm³/mol. The third-order valence-electron chi connectivity index (χ3n) is 2.54. The number of anilines is 2. The van der Waals surface area contributed by atoms with E-state index in [1.54, 1.807) is 18.0 Å². The minimum absolute atomic E-state index is 0.596. The van der Waals surface area contributed by atoms with Crippen LogP contribution in [0.25, 0.3) is 0 Å². The van der Waals surface area contributed by atoms with Crippen LogP contribution in [0.2, 0.25) is 0 Å². The van der Waals surface area contributed by atoms with Crippen LogP contribution < -0.4 is 11.1 Å². The summed E-state index contributed by atoms with van der Waals surface area (Å²) in [6.45, 7) is 0.899. The lowest BCUT2D eigenvalue weighted by atomic mass is 10.2. The molecule has 2 rings (SSSR count). The summed E-state index contributed by atoms with van der Waals surface area (Å²) in [5.41, 5.74) is 7.64. The molecule has 1 aliphatic rings. The Labute approximate surface area is 89.6 Å². The lowest BCUT2D eigenvalue weighted by Gasteiger charge is -2.04. The van der Waals surface area contributed by atoms with Crippen LogP contribution >= 0.6 is 0 Å². The average Bonchev–Trinajstić information content (AvgIpc) is 2.74. The van der Waals surface area contributed by atoms with Gasteiger partial charge in [0.05, 0.1) is 18.1 Å². The highest BCUT2D eigenvalue weighted by Crippen LogP contribution is 2.20. The van der Waals surface area contributed by atoms with E-state index in [2.05, 4.69) is 21.4 Å². The molecule has 80 valence electrons. The van der Waals surface area contributed by atoms with Gasteiger partial charge in [0.1, 0.15) is 0 Å². The maximum absolute atomic E-state index is 5.49. The Morgan fingerprint density at radius 2 is 2.13 bits per heavy atom. The molecule has 15 heavy (non-hydrogen) atoms. The van der Waals surface area contributed by atoms with Gasteiger partial charge in [0, 0.05) is 6.54 Å². The zero-order chi connectivity index (χ0) is 10.5. The molecule has 3 N–H and O–H groups in total. The average molecular weight is 204 g/mol. The summed E-state index contributed by atoms with van der Waals surface area (Å²) < 4.78 is 0. The third kappa shape index (κ3) is 2.94. The second kappa shape index (κ2) is 4.77. The lowest BCUT2D eigenvalue weighted by molar-refractivity contribution is 0.859. The van der Waals surface area contributed by atoms with E-state index in [0.29, 0.717) is 11.6 Å². The van der Waals surface area contributed by atoms with Gasteiger partial charge in [-0.1, -0.05) is 11.6 Å². The Bertz CT molecular complexity index is 342. The van der Waals surface area contributed by atoms with E-state index in [0.717, 1.165) is 13.0 Å². The van der Waals surface area contributed by atoms with Gasteiger partial charge in [-0.05, 0) is 25.7 Å². The minimum Gasteiger partial charge on any atom is -0.396 e. The standard InChI is InChI=1S/C11H16N4/c12-10-7-14-11(15-8-10)13-6-5-9-3-1-2-4-9/h3,7-8H,1-2,4-6,12H2,(H,13,14,15). The first-order chi connectivity index (χ1) is 7.34. The van der Waals surface area contributed by atoms with E-state index in [-0.39, 0.29) is 0 Å². The van der Waals surface area contributed by atoms with Crippen molar-refractivity contribution >= 4 is 11.6 Å². The van der Waals surface area contributed by atoms with E-state index >= 15 is 0 Å². The van der Waals surface area contributed by atoms with E-state index in [1.807, 2.05) is 0 Å². The Hall–Kier alpha value is -1.58. The van der Waals surface area contributed by atoms with Gasteiger partial charge in [-0.2, -0.15) is 0 Å². The topological polar surface area (TPSA) is 63.8 Å². The first-order valence-electron chi connectivity index (χ1n) is 5.34. The molecule has 0 unspecified atom stereocenters. The number of allylic oxidation sites excluding steroid dienone is 1. The number of nitrogens with zero attached hydrogens (tertiary/aromatic N) is 2. The molecule has 0 aromatic carbocycles. The van der Waals surface area contributed by atoms with Gasteiger partial charge >= 0.3 is 0 Å². The van der Waals surface area contributed by atoms with Gasteiger partial charge in [0.2, 0.25) is 5.95 Å². The first kappa shape index (κ1) is 9.96. The normalized spacial score (nSPS) is 15.1. The number of nitrogens with two attached hydrogens (primary N) is 1. The number of nitrogen functional groups attached to an aromatic ring is 1. The van der Waals surface area contributed by atoms with Gasteiger partial charge in [-0.15, -0.1) is 0 Å². The quantitative estimate of drug-likeness (QED) is 0.736. The monoisotopic (exact) mass is 204 g/mol. The summed E-state index contributed by atoms with van der Waals surface area (Å²) in [6, 6.07) is 0. The Balaban J connectivity index is 1.75. The molecule has 0 aliphatic heterocycles. The van der Waals surface area contributed by atoms with Crippen molar-refractivity contribution in [3.63, 3.8) is 0 Å². The number of rotatable bonds is 4. The SMILES string of the molecule is Nc1cnc(NCCC2=CCCC2)nc1. The highest BCUT2D eigenvalue weighted by molar-refractivity contribution is 5.35. The smallest absolute Gasteiger partial charge is 0.222 e. The molecule has 4 heteroatoms. The van der Waals surface area contributed by atoms with Crippen LogP contribution in [0.1, 0.15) is 25.7 Å². The van der Waals surface area contributed by atoms with E-state index < -0.39 is 0 Å². The van der Waals surface area contributed by atoms with Gasteiger partial charge in [0.25, 0.3) is 0 Å². The van der Waals surface area contributed by atoms with Crippen molar-refractivity contribution in [1.82, 2.24) is 9.97 Å². The first-order valence-corrected chi connectivity index (χ1v) is 5.34. The predicted octanol–water partition coefficient (Wildman–Crippen LogP) is 1.97. The molecule has 0 saturated heterocycles. The maximum Gasteiger partial charge on any atom is 0.222 e. The van der Waals surface area contributed by atoms with Crippen LogP contribution in [0.15, 0.2) is 24.0 Å². The van der Waals surface area contributed by atoms with Crippen molar-refractivity contribution in [3.8, 4) is 0 Å². The second-order valence-electron chi connectivity index (χ2n) is 3.77. The Kier molecular flexibility index (Phi) is 3.17. The molecule has 4 nitrogen and oxygen atoms in total. The largest absolute Gasteiger partial charge is 0.396 e. The van der Waals surface area contributed by atoms with Gasteiger partial charge in [0.15, 0.2) is 0 Å². The molecule has 0 fully saturated rings. The molecule has 1 aromatic heterocycles. The molecule has 0 saturated carbocycles. The Morgan fingerprint density at radius 1 is 1.33 bits per heavy atom. The van der Waals surface area contributed by atoms with Gasteiger partial charge in [-0.25, -0.2) is 9.97 Å². The number of nitrogens with one attached hydrogen (secondary N) is 1. The summed E-state index contributed by atoms with van der Waals surface area (Å²) in [5.74, 6) is 0.655. The fraction of sp³-hybridized carbons (Fsp3) is 0.455. The molecular weight excluding hydrogens is 188 g/mol. The van der Waals surface area contributed by atoms with Crippen molar-refractivity contribution in [3.05, 3.63) is 24.0 Å². The number of aromatic nitrogens is 2. The lowest BCUT2D eigenvalue weighted by Crippen LogP contribution is -2.06. The fourth-order valence-electron chi connectivity index (χ4n) is 1.73. The Morgan fingerprint density at radius 3 is 2.80 bits per heavy atom. The zero-order valence-corrected chi connectivity index (χ0v) is 8.74. The number of hydrogen-bond donors (Lipinski definition) is 2. The van der Waals surface area contributed by atoms with E-state index in [1.165, 1.54) is 19.3 Å². The van der Waals surface area contributed by atoms with Crippen LogP contribution in [-0.4, -0.2) is 16.5 Å². The van der Waals surface area contributed by atoms with Crippen molar-refractivity contribution in [2.75, 3.05) is 17.6 Å². The summed E-state index contributed by atoms with van der Waals surface area (Å²) in [4.78, 5) is 8.15. The second-order valence-corrected chi connectivity index (χ2v) is 3.77. The molecular formula is C11H16N4. The van der Waals surface area contributed by atoms with Crippen molar-refractivity contribution < 1.29 is 0 Å². The zero-order valence-electron chi connectivity index (χ0n) is 8.74. The van der Waals surface area contributed by atoms with Gasteiger partial charge < -0.3 is 11.1 Å². The van der Waals surface area contributed by atoms with Gasteiger partial charge in [-0.3, -0.25) is 0 Å². The number of hydrogen-bond acceptors (Lipinski definition) is 4. The molecule has 0 bridgehead atoms. The van der Waals surface area contributed by atoms with Crippen LogP contribution in [0, 0.1) is 0 Å². The molecule has 0 spiro atoms. The van der Waals surface area contributed by atoms with Crippen LogP contribution in [-0.2, 0) is 0 Å². The van der Waals surface area contributed by atoms with Crippen LogP contribution in [0.4, 0.5) is 11.6 Å². The summed E-state index contributed by atoms with van der Waals surface area (Å²) in [5, 5.41) is 3.18. The van der Waals surface area contributed by atoms with Crippen LogP contribution in [0.3, 0.4) is 0 Å².